The van der Waals surface area contributed by atoms with E-state index < -0.39 is 10.0 Å². The lowest BCUT2D eigenvalue weighted by Gasteiger charge is -2.40. The number of sulfonamides is 1. The topological polar surface area (TPSA) is 118 Å². The van der Waals surface area contributed by atoms with Crippen LogP contribution in [0.5, 0.6) is 0 Å². The van der Waals surface area contributed by atoms with E-state index in [0.717, 1.165) is 5.39 Å². The Bertz CT molecular complexity index is 1420. The Morgan fingerprint density at radius 3 is 2.50 bits per heavy atom. The molecule has 1 unspecified atom stereocenters. The predicted molar refractivity (Wildman–Crippen MR) is 141 cm³/mol. The third kappa shape index (κ3) is 5.58. The summed E-state index contributed by atoms with van der Waals surface area (Å²) in [6.45, 7) is 4.23. The molecule has 0 saturated carbocycles. The predicted octanol–water partition coefficient (Wildman–Crippen LogP) is 3.50. The van der Waals surface area contributed by atoms with Gasteiger partial charge < -0.3 is 19.3 Å². The van der Waals surface area contributed by atoms with Crippen LogP contribution in [0.1, 0.15) is 30.1 Å². The van der Waals surface area contributed by atoms with E-state index in [1.807, 2.05) is 6.92 Å². The van der Waals surface area contributed by atoms with Crippen molar-refractivity contribution in [3.05, 3.63) is 66.4 Å². The summed E-state index contributed by atoms with van der Waals surface area (Å²) in [4.78, 5) is 33.5. The molecular formula is C27H30N4O6S. The summed E-state index contributed by atoms with van der Waals surface area (Å²) >= 11 is 0. The van der Waals surface area contributed by atoms with Crippen molar-refractivity contribution in [2.45, 2.75) is 36.8 Å². The molecule has 0 spiro atoms. The number of hydrogen-bond donors (Lipinski definition) is 1. The largest absolute Gasteiger partial charge is 0.446 e. The van der Waals surface area contributed by atoms with Gasteiger partial charge in [0.15, 0.2) is 0 Å². The molecule has 3 aromatic rings. The first-order valence-corrected chi connectivity index (χ1v) is 14.1. The third-order valence-electron chi connectivity index (χ3n) is 6.85. The van der Waals surface area contributed by atoms with Crippen LogP contribution in [0.2, 0.25) is 0 Å². The molecular weight excluding hydrogens is 508 g/mol. The molecule has 10 nitrogen and oxygen atoms in total. The van der Waals surface area contributed by atoms with Gasteiger partial charge in [-0.3, -0.25) is 14.5 Å². The summed E-state index contributed by atoms with van der Waals surface area (Å²) in [6.07, 6.45) is 2.47. The minimum absolute atomic E-state index is 0.0813. The molecule has 2 amide bonds. The van der Waals surface area contributed by atoms with Crippen LogP contribution in [0.25, 0.3) is 10.9 Å². The zero-order valence-corrected chi connectivity index (χ0v) is 21.9. The van der Waals surface area contributed by atoms with Gasteiger partial charge in [-0.2, -0.15) is 0 Å². The van der Waals surface area contributed by atoms with Gasteiger partial charge in [0.2, 0.25) is 0 Å². The first-order valence-electron chi connectivity index (χ1n) is 12.6. The number of nitrogens with one attached hydrogen (secondary N) is 1. The lowest BCUT2D eigenvalue weighted by Crippen LogP contribution is -2.55. The number of benzene rings is 2. The maximum absolute atomic E-state index is 13.2. The molecule has 11 heteroatoms. The molecule has 2 aromatic carbocycles. The minimum Gasteiger partial charge on any atom is -0.446 e. The highest BCUT2D eigenvalue weighted by molar-refractivity contribution is 7.93. The van der Waals surface area contributed by atoms with E-state index >= 15 is 0 Å². The van der Waals surface area contributed by atoms with Gasteiger partial charge in [0, 0.05) is 61.4 Å². The van der Waals surface area contributed by atoms with Gasteiger partial charge in [0.25, 0.3) is 15.9 Å². The zero-order valence-electron chi connectivity index (χ0n) is 21.1. The fourth-order valence-electron chi connectivity index (χ4n) is 4.79. The van der Waals surface area contributed by atoms with Gasteiger partial charge >= 0.3 is 6.09 Å². The molecule has 5 rings (SSSR count). The maximum Gasteiger partial charge on any atom is 0.410 e. The van der Waals surface area contributed by atoms with Crippen molar-refractivity contribution in [1.29, 1.82) is 0 Å². The first-order chi connectivity index (χ1) is 18.3. The molecule has 0 bridgehead atoms. The van der Waals surface area contributed by atoms with Crippen molar-refractivity contribution >= 4 is 38.6 Å². The van der Waals surface area contributed by atoms with E-state index in [1.54, 1.807) is 64.5 Å². The SMILES string of the molecule is CC1CN(C(=O)OC2CCOCC2)CCN1C(=O)c1ccc(NS(=O)(=O)c2cccc3cccnc23)cc1. The number of nitrogens with zero attached hydrogens (tertiary/aromatic N) is 3. The fourth-order valence-corrected chi connectivity index (χ4v) is 6.03. The summed E-state index contributed by atoms with van der Waals surface area (Å²) in [5.74, 6) is -0.178. The molecule has 2 saturated heterocycles. The Kier molecular flexibility index (Phi) is 7.48. The highest BCUT2D eigenvalue weighted by Gasteiger charge is 2.32. The summed E-state index contributed by atoms with van der Waals surface area (Å²) in [5.41, 5.74) is 1.16. The minimum atomic E-state index is -3.89. The molecule has 2 aliphatic rings. The van der Waals surface area contributed by atoms with Crippen LogP contribution in [-0.2, 0) is 19.5 Å². The van der Waals surface area contributed by atoms with E-state index in [1.165, 1.54) is 6.07 Å². The molecule has 0 aliphatic carbocycles. The highest BCUT2D eigenvalue weighted by Crippen LogP contribution is 2.24. The van der Waals surface area contributed by atoms with E-state index in [0.29, 0.717) is 62.5 Å². The van der Waals surface area contributed by atoms with Crippen molar-refractivity contribution in [2.75, 3.05) is 37.6 Å². The maximum atomic E-state index is 13.2. The van der Waals surface area contributed by atoms with Crippen molar-refractivity contribution in [2.24, 2.45) is 0 Å². The number of carbonyl (C=O) groups excluding carboxylic acids is 2. The van der Waals surface area contributed by atoms with E-state index in [2.05, 4.69) is 9.71 Å². The Morgan fingerprint density at radius 1 is 1.03 bits per heavy atom. The molecule has 2 fully saturated rings. The Labute approximate surface area is 221 Å². The number of carbonyl (C=O) groups is 2. The number of rotatable bonds is 5. The number of ether oxygens (including phenoxy) is 2. The Balaban J connectivity index is 1.21. The molecule has 1 aromatic heterocycles. The molecule has 3 heterocycles. The van der Waals surface area contributed by atoms with Gasteiger partial charge in [-0.05, 0) is 43.3 Å². The summed E-state index contributed by atoms with van der Waals surface area (Å²) in [6, 6.07) is 14.7. The second-order valence-electron chi connectivity index (χ2n) is 9.50. The van der Waals surface area contributed by atoms with Crippen LogP contribution in [0.15, 0.2) is 65.7 Å². The first kappa shape index (κ1) is 25.9. The molecule has 2 aliphatic heterocycles. The second kappa shape index (κ2) is 11.0. The molecule has 1 N–H and O–H groups in total. The van der Waals surface area contributed by atoms with E-state index in [9.17, 15) is 18.0 Å². The van der Waals surface area contributed by atoms with Gasteiger partial charge in [-0.25, -0.2) is 13.2 Å². The standard InChI is InChI=1S/C27H30N4O6S/c1-19-18-30(27(33)37-23-11-16-36-17-12-23)14-15-31(19)26(32)21-7-9-22(10-8-21)29-38(34,35)24-6-2-4-20-5-3-13-28-25(20)24/h2-10,13,19,23,29H,11-12,14-18H2,1H3. The number of pyridine rings is 1. The second-order valence-corrected chi connectivity index (χ2v) is 11.2. The smallest absolute Gasteiger partial charge is 0.410 e. The average molecular weight is 539 g/mol. The summed E-state index contributed by atoms with van der Waals surface area (Å²) in [7, 11) is -3.89. The number of anilines is 1. The number of piperazine rings is 1. The average Bonchev–Trinajstić information content (AvgIpc) is 2.93. The van der Waals surface area contributed by atoms with Gasteiger partial charge in [0.1, 0.15) is 11.0 Å². The van der Waals surface area contributed by atoms with Gasteiger partial charge in [0.05, 0.1) is 18.7 Å². The lowest BCUT2D eigenvalue weighted by atomic mass is 10.1. The van der Waals surface area contributed by atoms with Crippen molar-refractivity contribution < 1.29 is 27.5 Å². The fraction of sp³-hybridized carbons (Fsp3) is 0.370. The summed E-state index contributed by atoms with van der Waals surface area (Å²) in [5, 5.41) is 0.724. The van der Waals surface area contributed by atoms with Crippen LogP contribution < -0.4 is 4.72 Å². The molecule has 38 heavy (non-hydrogen) atoms. The van der Waals surface area contributed by atoms with Gasteiger partial charge in [-0.15, -0.1) is 0 Å². The highest BCUT2D eigenvalue weighted by atomic mass is 32.2. The third-order valence-corrected chi connectivity index (χ3v) is 8.26. The van der Waals surface area contributed by atoms with E-state index in [4.69, 9.17) is 9.47 Å². The van der Waals surface area contributed by atoms with Crippen LogP contribution in [0.3, 0.4) is 0 Å². The molecule has 0 radical (unpaired) electrons. The van der Waals surface area contributed by atoms with Gasteiger partial charge in [-0.1, -0.05) is 18.2 Å². The Hall–Kier alpha value is -3.70. The van der Waals surface area contributed by atoms with E-state index in [-0.39, 0.29) is 29.0 Å². The van der Waals surface area contributed by atoms with Crippen molar-refractivity contribution in [3.8, 4) is 0 Å². The number of para-hydroxylation sites is 1. The number of hydrogen-bond acceptors (Lipinski definition) is 7. The van der Waals surface area contributed by atoms with Crippen LogP contribution in [0.4, 0.5) is 10.5 Å². The summed E-state index contributed by atoms with van der Waals surface area (Å²) < 4.78 is 39.6. The van der Waals surface area contributed by atoms with Crippen LogP contribution in [0, 0.1) is 0 Å². The number of fused-ring (bicyclic) bond motifs is 1. The zero-order chi connectivity index (χ0) is 26.7. The van der Waals surface area contributed by atoms with Crippen LogP contribution in [-0.4, -0.2) is 80.2 Å². The number of aromatic nitrogens is 1. The monoisotopic (exact) mass is 538 g/mol. The quantitative estimate of drug-likeness (QED) is 0.528. The normalized spacial score (nSPS) is 18.8. The lowest BCUT2D eigenvalue weighted by molar-refractivity contribution is -0.0173. The molecule has 200 valence electrons. The number of amides is 2. The van der Waals surface area contributed by atoms with Crippen LogP contribution >= 0.6 is 0 Å². The van der Waals surface area contributed by atoms with Crippen molar-refractivity contribution in [3.63, 3.8) is 0 Å². The Morgan fingerprint density at radius 2 is 1.76 bits per heavy atom. The van der Waals surface area contributed by atoms with Crippen molar-refractivity contribution in [1.82, 2.24) is 14.8 Å². The molecule has 1 atom stereocenters.